The summed E-state index contributed by atoms with van der Waals surface area (Å²) in [6.07, 6.45) is 2.36. The van der Waals surface area contributed by atoms with Gasteiger partial charge < -0.3 is 5.32 Å². The summed E-state index contributed by atoms with van der Waals surface area (Å²) in [5.41, 5.74) is 3.26. The van der Waals surface area contributed by atoms with Crippen LogP contribution in [0.4, 0.5) is 5.69 Å². The fourth-order valence-corrected chi connectivity index (χ4v) is 3.52. The van der Waals surface area contributed by atoms with Crippen LogP contribution in [0.15, 0.2) is 34.1 Å². The molecule has 2 aromatic heterocycles. The van der Waals surface area contributed by atoms with Crippen molar-refractivity contribution in [2.75, 3.05) is 11.1 Å². The van der Waals surface area contributed by atoms with Gasteiger partial charge >= 0.3 is 0 Å². The maximum absolute atomic E-state index is 12.0. The fraction of sp³-hybridized carbons (Fsp3) is 0.267. The van der Waals surface area contributed by atoms with Crippen molar-refractivity contribution in [1.29, 1.82) is 0 Å². The number of aromatic amines is 1. The number of anilines is 1. The molecule has 24 heavy (non-hydrogen) atoms. The SMILES string of the molecule is O=C(CSc1nncs1)Nc1cccc(-c2n[nH]c(C3CC3)n2)c1. The summed E-state index contributed by atoms with van der Waals surface area (Å²) in [6.45, 7) is 0. The maximum Gasteiger partial charge on any atom is 0.234 e. The number of carbonyl (C=O) groups is 1. The third-order valence-corrected chi connectivity index (χ3v) is 5.40. The van der Waals surface area contributed by atoms with Crippen molar-refractivity contribution in [1.82, 2.24) is 25.4 Å². The first kappa shape index (κ1) is 15.3. The largest absolute Gasteiger partial charge is 0.325 e. The quantitative estimate of drug-likeness (QED) is 0.658. The van der Waals surface area contributed by atoms with E-state index < -0.39 is 0 Å². The standard InChI is InChI=1S/C15H14N6OS2/c22-12(7-23-15-21-16-8-24-15)17-11-3-1-2-10(6-11)14-18-13(19-20-14)9-4-5-9/h1-3,6,8-9H,4-5,7H2,(H,17,22)(H,18,19,20). The third-order valence-electron chi connectivity index (χ3n) is 3.54. The fourth-order valence-electron chi connectivity index (χ4n) is 2.23. The van der Waals surface area contributed by atoms with Gasteiger partial charge in [0.1, 0.15) is 11.3 Å². The summed E-state index contributed by atoms with van der Waals surface area (Å²) >= 11 is 2.79. The number of hydrogen-bond donors (Lipinski definition) is 2. The monoisotopic (exact) mass is 358 g/mol. The van der Waals surface area contributed by atoms with Crippen LogP contribution < -0.4 is 5.32 Å². The third kappa shape index (κ3) is 3.62. The van der Waals surface area contributed by atoms with Crippen LogP contribution in [-0.4, -0.2) is 37.0 Å². The van der Waals surface area contributed by atoms with E-state index in [2.05, 4.69) is 30.7 Å². The lowest BCUT2D eigenvalue weighted by Crippen LogP contribution is -2.13. The zero-order chi connectivity index (χ0) is 16.4. The van der Waals surface area contributed by atoms with Gasteiger partial charge in [-0.3, -0.25) is 9.89 Å². The molecular weight excluding hydrogens is 344 g/mol. The molecule has 0 unspecified atom stereocenters. The number of nitrogens with zero attached hydrogens (tertiary/aromatic N) is 4. The van der Waals surface area contributed by atoms with Crippen LogP contribution in [0.1, 0.15) is 24.6 Å². The molecule has 1 saturated carbocycles. The summed E-state index contributed by atoms with van der Waals surface area (Å²) in [7, 11) is 0. The molecule has 3 aromatic rings. The number of benzene rings is 1. The lowest BCUT2D eigenvalue weighted by Gasteiger charge is -2.05. The first-order chi connectivity index (χ1) is 11.8. The first-order valence-corrected chi connectivity index (χ1v) is 9.36. The van der Waals surface area contributed by atoms with Gasteiger partial charge in [0.2, 0.25) is 5.91 Å². The Balaban J connectivity index is 1.40. The van der Waals surface area contributed by atoms with Crippen LogP contribution in [0.2, 0.25) is 0 Å². The molecule has 0 spiro atoms. The minimum absolute atomic E-state index is 0.0824. The van der Waals surface area contributed by atoms with Crippen molar-refractivity contribution in [3.63, 3.8) is 0 Å². The second-order valence-corrected chi connectivity index (χ2v) is 7.50. The van der Waals surface area contributed by atoms with E-state index in [1.165, 1.54) is 35.9 Å². The van der Waals surface area contributed by atoms with Crippen LogP contribution in [0.25, 0.3) is 11.4 Å². The van der Waals surface area contributed by atoms with Gasteiger partial charge in [0, 0.05) is 17.2 Å². The number of hydrogen-bond acceptors (Lipinski definition) is 7. The average molecular weight is 358 g/mol. The van der Waals surface area contributed by atoms with Crippen molar-refractivity contribution in [3.8, 4) is 11.4 Å². The Kier molecular flexibility index (Phi) is 4.26. The zero-order valence-corrected chi connectivity index (χ0v) is 14.2. The van der Waals surface area contributed by atoms with Gasteiger partial charge in [0.15, 0.2) is 10.2 Å². The highest BCUT2D eigenvalue weighted by atomic mass is 32.2. The Bertz CT molecular complexity index is 843. The topological polar surface area (TPSA) is 96.5 Å². The lowest BCUT2D eigenvalue weighted by molar-refractivity contribution is -0.113. The van der Waals surface area contributed by atoms with Crippen LogP contribution in [-0.2, 0) is 4.79 Å². The lowest BCUT2D eigenvalue weighted by atomic mass is 10.2. The highest BCUT2D eigenvalue weighted by molar-refractivity contribution is 8.01. The van der Waals surface area contributed by atoms with E-state index in [0.717, 1.165) is 21.4 Å². The molecule has 0 bridgehead atoms. The Morgan fingerprint density at radius 1 is 1.42 bits per heavy atom. The molecule has 0 saturated heterocycles. The van der Waals surface area contributed by atoms with Crippen molar-refractivity contribution in [2.45, 2.75) is 23.1 Å². The average Bonchev–Trinajstić information content (AvgIpc) is 3.12. The smallest absolute Gasteiger partial charge is 0.234 e. The zero-order valence-electron chi connectivity index (χ0n) is 12.6. The number of carbonyl (C=O) groups excluding carboxylic acids is 1. The normalized spacial score (nSPS) is 13.8. The Labute approximate surface area is 146 Å². The molecular formula is C15H14N6OS2. The Morgan fingerprint density at radius 2 is 2.33 bits per heavy atom. The molecule has 4 rings (SSSR count). The summed E-state index contributed by atoms with van der Waals surface area (Å²) < 4.78 is 0.784. The molecule has 2 heterocycles. The molecule has 1 amide bonds. The van der Waals surface area contributed by atoms with Crippen molar-refractivity contribution < 1.29 is 4.79 Å². The van der Waals surface area contributed by atoms with Crippen LogP contribution in [0.5, 0.6) is 0 Å². The molecule has 9 heteroatoms. The number of rotatable bonds is 6. The van der Waals surface area contributed by atoms with E-state index in [-0.39, 0.29) is 5.91 Å². The number of nitrogens with one attached hydrogen (secondary N) is 2. The molecule has 1 aliphatic carbocycles. The van der Waals surface area contributed by atoms with E-state index in [1.807, 2.05) is 24.3 Å². The van der Waals surface area contributed by atoms with Crippen LogP contribution in [0, 0.1) is 0 Å². The minimum Gasteiger partial charge on any atom is -0.325 e. The molecule has 7 nitrogen and oxygen atoms in total. The highest BCUT2D eigenvalue weighted by Crippen LogP contribution is 2.38. The predicted molar refractivity (Wildman–Crippen MR) is 93.1 cm³/mol. The molecule has 1 fully saturated rings. The van der Waals surface area contributed by atoms with Crippen molar-refractivity contribution in [2.24, 2.45) is 0 Å². The molecule has 0 aliphatic heterocycles. The van der Waals surface area contributed by atoms with E-state index >= 15 is 0 Å². The molecule has 0 radical (unpaired) electrons. The maximum atomic E-state index is 12.0. The van der Waals surface area contributed by atoms with Gasteiger partial charge in [-0.2, -0.15) is 5.10 Å². The van der Waals surface area contributed by atoms with Crippen molar-refractivity contribution >= 4 is 34.7 Å². The van der Waals surface area contributed by atoms with E-state index in [4.69, 9.17) is 0 Å². The van der Waals surface area contributed by atoms with E-state index in [1.54, 1.807) is 5.51 Å². The molecule has 1 aliphatic rings. The van der Waals surface area contributed by atoms with Gasteiger partial charge in [-0.1, -0.05) is 35.2 Å². The van der Waals surface area contributed by atoms with Crippen molar-refractivity contribution in [3.05, 3.63) is 35.6 Å². The summed E-state index contributed by atoms with van der Waals surface area (Å²) in [4.78, 5) is 16.6. The highest BCUT2D eigenvalue weighted by Gasteiger charge is 2.27. The number of H-pyrrole nitrogens is 1. The Hall–Kier alpha value is -2.26. The number of aromatic nitrogens is 5. The van der Waals surface area contributed by atoms with Gasteiger partial charge in [-0.25, -0.2) is 4.98 Å². The van der Waals surface area contributed by atoms with Crippen LogP contribution in [0.3, 0.4) is 0 Å². The summed E-state index contributed by atoms with van der Waals surface area (Å²) in [5.74, 6) is 2.36. The summed E-state index contributed by atoms with van der Waals surface area (Å²) in [5, 5.41) is 17.8. The minimum atomic E-state index is -0.0824. The van der Waals surface area contributed by atoms with Gasteiger partial charge in [0.05, 0.1) is 5.75 Å². The summed E-state index contributed by atoms with van der Waals surface area (Å²) in [6, 6.07) is 7.56. The second-order valence-electron chi connectivity index (χ2n) is 5.44. The van der Waals surface area contributed by atoms with Gasteiger partial charge in [-0.15, -0.1) is 10.2 Å². The van der Waals surface area contributed by atoms with E-state index in [9.17, 15) is 4.79 Å². The molecule has 2 N–H and O–H groups in total. The Morgan fingerprint density at radius 3 is 3.12 bits per heavy atom. The number of amides is 1. The van der Waals surface area contributed by atoms with Gasteiger partial charge in [0.25, 0.3) is 0 Å². The van der Waals surface area contributed by atoms with Crippen LogP contribution >= 0.6 is 23.1 Å². The molecule has 0 atom stereocenters. The molecule has 1 aromatic carbocycles. The van der Waals surface area contributed by atoms with E-state index in [0.29, 0.717) is 17.5 Å². The van der Waals surface area contributed by atoms with Gasteiger partial charge in [-0.05, 0) is 25.0 Å². The molecule has 122 valence electrons. The predicted octanol–water partition coefficient (Wildman–Crippen LogP) is 2.93. The first-order valence-electron chi connectivity index (χ1n) is 7.49. The second kappa shape index (κ2) is 6.70. The number of thioether (sulfide) groups is 1.